The third-order valence-electron chi connectivity index (χ3n) is 2.51. The lowest BCUT2D eigenvalue weighted by Gasteiger charge is -1.99. The minimum Gasteiger partial charge on any atom is -0.391 e. The maximum absolute atomic E-state index is 9.39. The number of thiazole rings is 1. The lowest BCUT2D eigenvalue weighted by molar-refractivity contribution is 0.286. The molecule has 19 heavy (non-hydrogen) atoms. The van der Waals surface area contributed by atoms with Crippen LogP contribution in [0.3, 0.4) is 0 Å². The van der Waals surface area contributed by atoms with E-state index < -0.39 is 0 Å². The monoisotopic (exact) mass is 273 g/mol. The van der Waals surface area contributed by atoms with Gasteiger partial charge in [0.2, 0.25) is 0 Å². The molecule has 7 heteroatoms. The number of H-pyrrole nitrogens is 1. The molecule has 0 bridgehead atoms. The van der Waals surface area contributed by atoms with E-state index in [9.17, 15) is 5.11 Å². The van der Waals surface area contributed by atoms with Crippen molar-refractivity contribution in [1.29, 1.82) is 0 Å². The first-order valence-electron chi connectivity index (χ1n) is 5.64. The van der Waals surface area contributed by atoms with Gasteiger partial charge in [-0.1, -0.05) is 17.4 Å². The highest BCUT2D eigenvalue weighted by atomic mass is 32.1. The number of aromatic amines is 1. The molecule has 0 unspecified atom stereocenters. The number of aromatic nitrogens is 4. The van der Waals surface area contributed by atoms with E-state index in [4.69, 9.17) is 0 Å². The summed E-state index contributed by atoms with van der Waals surface area (Å²) < 4.78 is 0. The third kappa shape index (κ3) is 2.47. The van der Waals surface area contributed by atoms with Crippen LogP contribution >= 0.6 is 11.3 Å². The highest BCUT2D eigenvalue weighted by Gasteiger charge is 2.13. The number of hydrogen-bond acceptors (Lipinski definition) is 6. The molecule has 0 aliphatic rings. The minimum atomic E-state index is -0.0535. The van der Waals surface area contributed by atoms with Gasteiger partial charge in [0.1, 0.15) is 5.82 Å². The van der Waals surface area contributed by atoms with Crippen LogP contribution in [0, 0.1) is 0 Å². The van der Waals surface area contributed by atoms with E-state index in [1.54, 1.807) is 18.6 Å². The fraction of sp³-hybridized carbons (Fsp3) is 0.0833. The molecular formula is C12H11N5OS. The second-order valence-electron chi connectivity index (χ2n) is 3.78. The molecule has 0 spiro atoms. The topological polar surface area (TPSA) is 86.7 Å². The molecule has 6 nitrogen and oxygen atoms in total. The predicted octanol–water partition coefficient (Wildman–Crippen LogP) is 2.16. The van der Waals surface area contributed by atoms with Crippen LogP contribution in [-0.2, 0) is 6.61 Å². The Hall–Kier alpha value is -2.25. The molecule has 3 N–H and O–H groups in total. The average molecular weight is 273 g/mol. The summed E-state index contributed by atoms with van der Waals surface area (Å²) in [6.07, 6.45) is 5.14. The number of rotatable bonds is 4. The Kier molecular flexibility index (Phi) is 3.21. The summed E-state index contributed by atoms with van der Waals surface area (Å²) in [6.45, 7) is -0.0535. The van der Waals surface area contributed by atoms with Crippen molar-refractivity contribution in [3.8, 4) is 11.3 Å². The number of hydrogen-bond donors (Lipinski definition) is 3. The van der Waals surface area contributed by atoms with Crippen molar-refractivity contribution < 1.29 is 5.11 Å². The molecule has 0 amide bonds. The third-order valence-corrected chi connectivity index (χ3v) is 3.47. The second-order valence-corrected chi connectivity index (χ2v) is 4.86. The average Bonchev–Trinajstić information content (AvgIpc) is 3.08. The lowest BCUT2D eigenvalue weighted by atomic mass is 10.2. The Morgan fingerprint density at radius 1 is 1.37 bits per heavy atom. The lowest BCUT2D eigenvalue weighted by Crippen LogP contribution is -1.91. The van der Waals surface area contributed by atoms with Crippen LogP contribution in [0.4, 0.5) is 10.9 Å². The minimum absolute atomic E-state index is 0.0535. The highest BCUT2D eigenvalue weighted by Crippen LogP contribution is 2.31. The van der Waals surface area contributed by atoms with E-state index in [1.165, 1.54) is 11.3 Å². The Labute approximate surface area is 113 Å². The molecule has 0 saturated carbocycles. The summed E-state index contributed by atoms with van der Waals surface area (Å²) >= 11 is 1.40. The quantitative estimate of drug-likeness (QED) is 0.678. The smallest absolute Gasteiger partial charge is 0.189 e. The number of pyridine rings is 1. The van der Waals surface area contributed by atoms with Gasteiger partial charge in [-0.25, -0.2) is 9.97 Å². The van der Waals surface area contributed by atoms with Gasteiger partial charge >= 0.3 is 0 Å². The number of aliphatic hydroxyl groups excluding tert-OH is 1. The first-order chi connectivity index (χ1) is 9.36. The van der Waals surface area contributed by atoms with E-state index in [-0.39, 0.29) is 6.61 Å². The van der Waals surface area contributed by atoms with Gasteiger partial charge in [-0.2, -0.15) is 5.10 Å². The van der Waals surface area contributed by atoms with Gasteiger partial charge in [0.25, 0.3) is 0 Å². The highest BCUT2D eigenvalue weighted by molar-refractivity contribution is 7.16. The van der Waals surface area contributed by atoms with E-state index in [0.29, 0.717) is 5.13 Å². The normalized spacial score (nSPS) is 10.6. The zero-order chi connectivity index (χ0) is 13.1. The van der Waals surface area contributed by atoms with Crippen LogP contribution in [0.25, 0.3) is 11.3 Å². The zero-order valence-electron chi connectivity index (χ0n) is 9.87. The molecule has 0 fully saturated rings. The maximum atomic E-state index is 9.39. The van der Waals surface area contributed by atoms with Crippen molar-refractivity contribution in [2.45, 2.75) is 6.61 Å². The van der Waals surface area contributed by atoms with Gasteiger partial charge in [0.05, 0.1) is 23.4 Å². The SMILES string of the molecule is OCc1sc(Nc2ccccn2)nc1-c1cn[nH]c1. The van der Waals surface area contributed by atoms with Crippen molar-refractivity contribution in [1.82, 2.24) is 20.2 Å². The van der Waals surface area contributed by atoms with Gasteiger partial charge in [0.15, 0.2) is 5.13 Å². The van der Waals surface area contributed by atoms with Crippen LogP contribution in [0.2, 0.25) is 0 Å². The molecule has 3 rings (SSSR count). The molecule has 3 aromatic heterocycles. The molecule has 0 saturated heterocycles. The standard InChI is InChI=1S/C12H11N5OS/c18-7-9-11(8-5-14-15-6-8)17-12(19-9)16-10-3-1-2-4-13-10/h1-6,18H,7H2,(H,14,15)(H,13,16,17). The van der Waals surface area contributed by atoms with E-state index in [2.05, 4.69) is 25.5 Å². The van der Waals surface area contributed by atoms with Gasteiger partial charge in [-0.3, -0.25) is 5.10 Å². The zero-order valence-corrected chi connectivity index (χ0v) is 10.7. The van der Waals surface area contributed by atoms with Gasteiger partial charge in [-0.05, 0) is 12.1 Å². The molecular weight excluding hydrogens is 262 g/mol. The molecule has 3 heterocycles. The van der Waals surface area contributed by atoms with Crippen molar-refractivity contribution in [3.05, 3.63) is 41.7 Å². The van der Waals surface area contributed by atoms with Crippen LogP contribution in [0.15, 0.2) is 36.8 Å². The summed E-state index contributed by atoms with van der Waals surface area (Å²) in [4.78, 5) is 9.43. The number of nitrogens with zero attached hydrogens (tertiary/aromatic N) is 3. The van der Waals surface area contributed by atoms with Crippen LogP contribution < -0.4 is 5.32 Å². The van der Waals surface area contributed by atoms with E-state index in [1.807, 2.05) is 18.2 Å². The van der Waals surface area contributed by atoms with Gasteiger partial charge in [0, 0.05) is 18.0 Å². The molecule has 0 aromatic carbocycles. The maximum Gasteiger partial charge on any atom is 0.189 e. The van der Waals surface area contributed by atoms with Crippen LogP contribution in [0.1, 0.15) is 4.88 Å². The van der Waals surface area contributed by atoms with Crippen LogP contribution in [0.5, 0.6) is 0 Å². The van der Waals surface area contributed by atoms with Crippen molar-refractivity contribution in [2.75, 3.05) is 5.32 Å². The Balaban J connectivity index is 1.92. The summed E-state index contributed by atoms with van der Waals surface area (Å²) in [5, 5.41) is 19.8. The molecule has 3 aromatic rings. The second kappa shape index (κ2) is 5.17. The summed E-state index contributed by atoms with van der Waals surface area (Å²) in [6, 6.07) is 5.60. The summed E-state index contributed by atoms with van der Waals surface area (Å²) in [5.74, 6) is 0.722. The van der Waals surface area contributed by atoms with E-state index >= 15 is 0 Å². The predicted molar refractivity (Wildman–Crippen MR) is 73.1 cm³/mol. The fourth-order valence-corrected chi connectivity index (χ4v) is 2.52. The molecule has 0 atom stereocenters. The van der Waals surface area contributed by atoms with Crippen molar-refractivity contribution in [2.24, 2.45) is 0 Å². The Morgan fingerprint density at radius 3 is 3.00 bits per heavy atom. The summed E-state index contributed by atoms with van der Waals surface area (Å²) in [7, 11) is 0. The van der Waals surface area contributed by atoms with Crippen molar-refractivity contribution in [3.63, 3.8) is 0 Å². The fourth-order valence-electron chi connectivity index (χ4n) is 1.66. The molecule has 0 radical (unpaired) electrons. The van der Waals surface area contributed by atoms with E-state index in [0.717, 1.165) is 22.0 Å². The molecule has 0 aliphatic carbocycles. The number of nitrogens with one attached hydrogen (secondary N) is 2. The van der Waals surface area contributed by atoms with Gasteiger partial charge < -0.3 is 10.4 Å². The first kappa shape index (κ1) is 11.8. The Morgan fingerprint density at radius 2 is 2.32 bits per heavy atom. The van der Waals surface area contributed by atoms with Crippen molar-refractivity contribution >= 4 is 22.3 Å². The molecule has 0 aliphatic heterocycles. The summed E-state index contributed by atoms with van der Waals surface area (Å²) in [5.41, 5.74) is 1.59. The first-order valence-corrected chi connectivity index (χ1v) is 6.46. The Bertz CT molecular complexity index is 650. The largest absolute Gasteiger partial charge is 0.391 e. The number of anilines is 2. The number of aliphatic hydroxyl groups is 1. The van der Waals surface area contributed by atoms with Gasteiger partial charge in [-0.15, -0.1) is 0 Å². The molecule has 96 valence electrons. The van der Waals surface area contributed by atoms with Crippen LogP contribution in [-0.4, -0.2) is 25.3 Å².